The molecule has 2 aromatic carbocycles. The highest BCUT2D eigenvalue weighted by atomic mass is 35.5. The van der Waals surface area contributed by atoms with Crippen LogP contribution in [0.2, 0.25) is 5.02 Å². The summed E-state index contributed by atoms with van der Waals surface area (Å²) in [6, 6.07) is 15.2. The van der Waals surface area contributed by atoms with Crippen molar-refractivity contribution in [1.29, 1.82) is 0 Å². The highest BCUT2D eigenvalue weighted by Crippen LogP contribution is 2.26. The van der Waals surface area contributed by atoms with Crippen LogP contribution in [0.5, 0.6) is 0 Å². The first-order valence-electron chi connectivity index (χ1n) is 7.41. The predicted molar refractivity (Wildman–Crippen MR) is 94.5 cm³/mol. The van der Waals surface area contributed by atoms with Crippen molar-refractivity contribution in [3.8, 4) is 0 Å². The molecule has 0 unspecified atom stereocenters. The number of hydrogen-bond donors (Lipinski definition) is 3. The average Bonchev–Trinajstić information content (AvgIpc) is 2.57. The molecule has 0 atom stereocenters. The van der Waals surface area contributed by atoms with Gasteiger partial charge in [0.2, 0.25) is 5.95 Å². The third kappa shape index (κ3) is 3.70. The van der Waals surface area contributed by atoms with Crippen LogP contribution in [0.3, 0.4) is 0 Å². The van der Waals surface area contributed by atoms with E-state index in [9.17, 15) is 0 Å². The van der Waals surface area contributed by atoms with Crippen LogP contribution in [0.1, 0.15) is 6.42 Å². The summed E-state index contributed by atoms with van der Waals surface area (Å²) >= 11 is 6.17. The molecule has 1 aromatic heterocycles. The van der Waals surface area contributed by atoms with Crippen molar-refractivity contribution < 1.29 is 5.11 Å². The van der Waals surface area contributed by atoms with E-state index in [1.54, 1.807) is 0 Å². The van der Waals surface area contributed by atoms with Gasteiger partial charge in [0.25, 0.3) is 0 Å². The molecule has 0 aliphatic carbocycles. The quantitative estimate of drug-likeness (QED) is 0.600. The van der Waals surface area contributed by atoms with Gasteiger partial charge in [-0.25, -0.2) is 4.98 Å². The number of aliphatic hydroxyl groups excluding tert-OH is 1. The van der Waals surface area contributed by atoms with E-state index in [-0.39, 0.29) is 6.61 Å². The Bertz CT molecular complexity index is 809. The summed E-state index contributed by atoms with van der Waals surface area (Å²) in [5.41, 5.74) is 1.59. The van der Waals surface area contributed by atoms with E-state index in [4.69, 9.17) is 16.7 Å². The molecule has 0 saturated carbocycles. The smallest absolute Gasteiger partial charge is 0.229 e. The normalized spacial score (nSPS) is 10.7. The van der Waals surface area contributed by atoms with E-state index >= 15 is 0 Å². The first-order valence-corrected chi connectivity index (χ1v) is 7.79. The Labute approximate surface area is 139 Å². The number of aliphatic hydroxyl groups is 1. The maximum atomic E-state index is 8.94. The highest BCUT2D eigenvalue weighted by molar-refractivity contribution is 6.33. The van der Waals surface area contributed by atoms with Crippen LogP contribution >= 0.6 is 11.6 Å². The topological polar surface area (TPSA) is 70.1 Å². The Kier molecular flexibility index (Phi) is 4.90. The number of rotatable bonds is 6. The van der Waals surface area contributed by atoms with Gasteiger partial charge < -0.3 is 15.7 Å². The Morgan fingerprint density at radius 1 is 1.00 bits per heavy atom. The molecular weight excluding hydrogens is 312 g/mol. The average molecular weight is 329 g/mol. The van der Waals surface area contributed by atoms with Crippen LogP contribution in [0.25, 0.3) is 10.9 Å². The maximum absolute atomic E-state index is 8.94. The number of anilines is 3. The van der Waals surface area contributed by atoms with Crippen molar-refractivity contribution in [2.75, 3.05) is 23.8 Å². The lowest BCUT2D eigenvalue weighted by Gasteiger charge is -2.12. The Morgan fingerprint density at radius 3 is 2.61 bits per heavy atom. The van der Waals surface area contributed by atoms with E-state index in [2.05, 4.69) is 20.6 Å². The van der Waals surface area contributed by atoms with Crippen molar-refractivity contribution in [3.05, 3.63) is 53.6 Å². The van der Waals surface area contributed by atoms with Crippen LogP contribution in [0.15, 0.2) is 48.5 Å². The lowest BCUT2D eigenvalue weighted by molar-refractivity contribution is 0.292. The molecule has 0 radical (unpaired) electrons. The van der Waals surface area contributed by atoms with E-state index in [1.807, 2.05) is 48.5 Å². The van der Waals surface area contributed by atoms with Gasteiger partial charge in [-0.15, -0.1) is 0 Å². The van der Waals surface area contributed by atoms with Gasteiger partial charge in [0, 0.05) is 18.5 Å². The number of aromatic nitrogens is 2. The number of fused-ring (bicyclic) bond motifs is 1. The SMILES string of the molecule is OCCCNc1nc(Nc2ccccc2Cl)nc2ccccc12. The molecule has 3 aromatic rings. The number of nitrogens with one attached hydrogen (secondary N) is 2. The number of nitrogens with zero attached hydrogens (tertiary/aromatic N) is 2. The second-order valence-electron chi connectivity index (χ2n) is 5.02. The second-order valence-corrected chi connectivity index (χ2v) is 5.43. The number of halogens is 1. The Hall–Kier alpha value is -2.37. The molecule has 0 fully saturated rings. The van der Waals surface area contributed by atoms with Crippen molar-refractivity contribution in [2.45, 2.75) is 6.42 Å². The fraction of sp³-hybridized carbons (Fsp3) is 0.176. The summed E-state index contributed by atoms with van der Waals surface area (Å²) in [7, 11) is 0. The predicted octanol–water partition coefficient (Wildman–Crippen LogP) is 3.82. The zero-order valence-corrected chi connectivity index (χ0v) is 13.2. The summed E-state index contributed by atoms with van der Waals surface area (Å²) in [5, 5.41) is 16.9. The summed E-state index contributed by atoms with van der Waals surface area (Å²) in [6.45, 7) is 0.782. The summed E-state index contributed by atoms with van der Waals surface area (Å²) in [4.78, 5) is 9.07. The van der Waals surface area contributed by atoms with Crippen LogP contribution in [0.4, 0.5) is 17.5 Å². The van der Waals surface area contributed by atoms with Crippen molar-refractivity contribution in [1.82, 2.24) is 9.97 Å². The van der Waals surface area contributed by atoms with Crippen LogP contribution in [0, 0.1) is 0 Å². The number of para-hydroxylation sites is 2. The van der Waals surface area contributed by atoms with Crippen LogP contribution < -0.4 is 10.6 Å². The van der Waals surface area contributed by atoms with Gasteiger partial charge >= 0.3 is 0 Å². The number of benzene rings is 2. The van der Waals surface area contributed by atoms with E-state index in [0.717, 1.165) is 22.4 Å². The fourth-order valence-electron chi connectivity index (χ4n) is 2.24. The Morgan fingerprint density at radius 2 is 1.78 bits per heavy atom. The fourth-order valence-corrected chi connectivity index (χ4v) is 2.42. The third-order valence-electron chi connectivity index (χ3n) is 3.35. The summed E-state index contributed by atoms with van der Waals surface area (Å²) in [6.07, 6.45) is 0.658. The lowest BCUT2D eigenvalue weighted by atomic mass is 10.2. The minimum absolute atomic E-state index is 0.140. The van der Waals surface area contributed by atoms with Gasteiger partial charge in [-0.05, 0) is 30.7 Å². The maximum Gasteiger partial charge on any atom is 0.229 e. The van der Waals surface area contributed by atoms with Gasteiger partial charge in [-0.2, -0.15) is 4.98 Å². The second kappa shape index (κ2) is 7.26. The summed E-state index contributed by atoms with van der Waals surface area (Å²) < 4.78 is 0. The molecule has 1 heterocycles. The van der Waals surface area contributed by atoms with Gasteiger partial charge in [0.05, 0.1) is 16.2 Å². The molecule has 0 amide bonds. The van der Waals surface area contributed by atoms with E-state index in [1.165, 1.54) is 0 Å². The van der Waals surface area contributed by atoms with E-state index < -0.39 is 0 Å². The molecule has 5 nitrogen and oxygen atoms in total. The van der Waals surface area contributed by atoms with Gasteiger partial charge in [0.1, 0.15) is 5.82 Å². The molecule has 6 heteroatoms. The number of hydrogen-bond acceptors (Lipinski definition) is 5. The molecule has 118 valence electrons. The zero-order chi connectivity index (χ0) is 16.1. The van der Waals surface area contributed by atoms with Crippen LogP contribution in [-0.4, -0.2) is 28.2 Å². The van der Waals surface area contributed by atoms with Crippen molar-refractivity contribution >= 4 is 40.0 Å². The third-order valence-corrected chi connectivity index (χ3v) is 3.68. The monoisotopic (exact) mass is 328 g/mol. The molecular formula is C17H17ClN4O. The molecule has 23 heavy (non-hydrogen) atoms. The molecule has 0 aliphatic rings. The van der Waals surface area contributed by atoms with Crippen molar-refractivity contribution in [3.63, 3.8) is 0 Å². The molecule has 0 bridgehead atoms. The largest absolute Gasteiger partial charge is 0.396 e. The lowest BCUT2D eigenvalue weighted by Crippen LogP contribution is -2.08. The van der Waals surface area contributed by atoms with Crippen molar-refractivity contribution in [2.24, 2.45) is 0 Å². The van der Waals surface area contributed by atoms with E-state index in [0.29, 0.717) is 23.9 Å². The zero-order valence-electron chi connectivity index (χ0n) is 12.5. The molecule has 0 aliphatic heterocycles. The first-order chi connectivity index (χ1) is 11.3. The Balaban J connectivity index is 1.95. The summed E-state index contributed by atoms with van der Waals surface area (Å²) in [5.74, 6) is 1.21. The van der Waals surface area contributed by atoms with Gasteiger partial charge in [-0.1, -0.05) is 35.9 Å². The molecule has 3 rings (SSSR count). The first kappa shape index (κ1) is 15.5. The molecule has 0 saturated heterocycles. The molecule has 0 spiro atoms. The van der Waals surface area contributed by atoms with Crippen LogP contribution in [-0.2, 0) is 0 Å². The minimum Gasteiger partial charge on any atom is -0.396 e. The minimum atomic E-state index is 0.140. The van der Waals surface area contributed by atoms with Gasteiger partial charge in [-0.3, -0.25) is 0 Å². The highest BCUT2D eigenvalue weighted by Gasteiger charge is 2.08. The van der Waals surface area contributed by atoms with Gasteiger partial charge in [0.15, 0.2) is 0 Å². The molecule has 3 N–H and O–H groups in total. The standard InChI is InChI=1S/C17H17ClN4O/c18-13-7-2-4-9-15(13)21-17-20-14-8-3-1-6-12(14)16(22-17)19-10-5-11-23/h1-4,6-9,23H,5,10-11H2,(H2,19,20,21,22).